The van der Waals surface area contributed by atoms with Gasteiger partial charge in [0.15, 0.2) is 17.5 Å². The van der Waals surface area contributed by atoms with E-state index >= 15 is 0 Å². The third-order valence-electron chi connectivity index (χ3n) is 13.8. The summed E-state index contributed by atoms with van der Waals surface area (Å²) in [7, 11) is 0. The van der Waals surface area contributed by atoms with E-state index in [9.17, 15) is 0 Å². The van der Waals surface area contributed by atoms with Crippen LogP contribution in [0.15, 0.2) is 176 Å². The Morgan fingerprint density at radius 1 is 0.288 bits per heavy atom. The lowest BCUT2D eigenvalue weighted by Crippen LogP contribution is -2.40. The summed E-state index contributed by atoms with van der Waals surface area (Å²) < 4.78 is 0. The van der Waals surface area contributed by atoms with Crippen molar-refractivity contribution in [2.24, 2.45) is 0 Å². The molecule has 9 aromatic rings. The van der Waals surface area contributed by atoms with Crippen LogP contribution >= 0.6 is 0 Å². The molecule has 0 unspecified atom stereocenters. The summed E-state index contributed by atoms with van der Waals surface area (Å²) in [5.74, 6) is 1.99. The van der Waals surface area contributed by atoms with E-state index in [4.69, 9.17) is 15.0 Å². The minimum absolute atomic E-state index is 0.145. The third-order valence-corrected chi connectivity index (χ3v) is 13.8. The van der Waals surface area contributed by atoms with Crippen LogP contribution in [-0.4, -0.2) is 15.0 Å². The van der Waals surface area contributed by atoms with Crippen molar-refractivity contribution in [3.05, 3.63) is 220 Å². The zero-order valence-electron chi connectivity index (χ0n) is 33.6. The lowest BCUT2D eigenvalue weighted by atomic mass is 9.55. The molecule has 0 saturated heterocycles. The Kier molecular flexibility index (Phi) is 6.96. The summed E-state index contributed by atoms with van der Waals surface area (Å²) >= 11 is 0. The molecule has 59 heavy (non-hydrogen) atoms. The molecule has 0 N–H and O–H groups in total. The smallest absolute Gasteiger partial charge is 0.164 e. The Hall–Kier alpha value is -6.97. The van der Waals surface area contributed by atoms with Gasteiger partial charge in [0.1, 0.15) is 0 Å². The second-order valence-corrected chi connectivity index (χ2v) is 17.6. The first-order chi connectivity index (χ1) is 28.7. The fourth-order valence-electron chi connectivity index (χ4n) is 10.9. The maximum absolute atomic E-state index is 5.34. The van der Waals surface area contributed by atoms with Crippen LogP contribution < -0.4 is 0 Å². The molecule has 12 rings (SSSR count). The number of fused-ring (bicyclic) bond motifs is 13. The van der Waals surface area contributed by atoms with Crippen LogP contribution in [-0.2, 0) is 16.2 Å². The predicted octanol–water partition coefficient (Wildman–Crippen LogP) is 13.3. The molecule has 0 saturated carbocycles. The number of benzene rings is 8. The summed E-state index contributed by atoms with van der Waals surface area (Å²) in [5.41, 5.74) is 17.9. The molecule has 3 aliphatic rings. The first kappa shape index (κ1) is 34.1. The molecule has 280 valence electrons. The van der Waals surface area contributed by atoms with Crippen LogP contribution in [0.5, 0.6) is 0 Å². The normalized spacial score (nSPS) is 15.5. The fourth-order valence-corrected chi connectivity index (χ4v) is 10.9. The highest BCUT2D eigenvalue weighted by atomic mass is 15.0. The van der Waals surface area contributed by atoms with Gasteiger partial charge in [0.05, 0.1) is 5.41 Å². The molecule has 0 amide bonds. The molecule has 0 atom stereocenters. The van der Waals surface area contributed by atoms with Crippen molar-refractivity contribution in [2.45, 2.75) is 43.9 Å². The molecule has 0 fully saturated rings. The highest BCUT2D eigenvalue weighted by Gasteiger charge is 2.53. The van der Waals surface area contributed by atoms with Crippen molar-refractivity contribution in [3.63, 3.8) is 0 Å². The van der Waals surface area contributed by atoms with E-state index in [0.29, 0.717) is 17.5 Å². The van der Waals surface area contributed by atoms with E-state index in [0.717, 1.165) is 22.1 Å². The molecule has 1 aromatic heterocycles. The van der Waals surface area contributed by atoms with Crippen molar-refractivity contribution in [1.82, 2.24) is 15.0 Å². The van der Waals surface area contributed by atoms with Gasteiger partial charge in [-0.05, 0) is 95.7 Å². The molecular weight excluding hydrogens is 715 g/mol. The molecule has 0 aliphatic heterocycles. The molecule has 0 bridgehead atoms. The highest BCUT2D eigenvalue weighted by Crippen LogP contribution is 2.62. The van der Waals surface area contributed by atoms with Crippen molar-refractivity contribution < 1.29 is 0 Å². The van der Waals surface area contributed by atoms with E-state index < -0.39 is 5.41 Å². The van der Waals surface area contributed by atoms with E-state index in [1.807, 2.05) is 0 Å². The molecule has 3 heteroatoms. The molecule has 3 nitrogen and oxygen atoms in total. The van der Waals surface area contributed by atoms with Gasteiger partial charge < -0.3 is 0 Å². The number of rotatable bonds is 3. The molecule has 8 aromatic carbocycles. The van der Waals surface area contributed by atoms with Crippen LogP contribution in [0.4, 0.5) is 0 Å². The van der Waals surface area contributed by atoms with E-state index in [1.54, 1.807) is 0 Å². The lowest BCUT2D eigenvalue weighted by Gasteiger charge is -2.46. The van der Waals surface area contributed by atoms with Crippen LogP contribution in [0.25, 0.3) is 67.2 Å². The average molecular weight is 756 g/mol. The zero-order valence-corrected chi connectivity index (χ0v) is 33.6. The molecule has 0 radical (unpaired) electrons. The monoisotopic (exact) mass is 755 g/mol. The van der Waals surface area contributed by atoms with Crippen LogP contribution in [0.3, 0.4) is 0 Å². The molecule has 3 aliphatic carbocycles. The summed E-state index contributed by atoms with van der Waals surface area (Å²) in [6.07, 6.45) is 0. The first-order valence-electron chi connectivity index (χ1n) is 20.7. The standard InChI is InChI=1S/C56H41N3/c1-54(2)43-19-9-7-17-39(43)41-29-27-38(33-50(41)54)53-58-51(36-26-25-34-15-5-6-16-35(34)31-36)57-52(59-53)37-28-30-45-42(32-37)40-18-8-10-20-44(40)56(45)48-23-13-11-21-46(48)55(3,4)47-22-12-14-24-49(47)56/h5-33H,1-4H3. The van der Waals surface area contributed by atoms with Gasteiger partial charge in [0.2, 0.25) is 0 Å². The topological polar surface area (TPSA) is 38.7 Å². The zero-order chi connectivity index (χ0) is 39.7. The summed E-state index contributed by atoms with van der Waals surface area (Å²) in [5, 5.41) is 2.34. The van der Waals surface area contributed by atoms with Crippen LogP contribution in [0.2, 0.25) is 0 Å². The summed E-state index contributed by atoms with van der Waals surface area (Å²) in [4.78, 5) is 15.9. The van der Waals surface area contributed by atoms with Crippen molar-refractivity contribution in [2.75, 3.05) is 0 Å². The lowest BCUT2D eigenvalue weighted by molar-refractivity contribution is 0.563. The van der Waals surface area contributed by atoms with Crippen LogP contribution in [0.1, 0.15) is 72.2 Å². The van der Waals surface area contributed by atoms with Crippen molar-refractivity contribution in [3.8, 4) is 56.4 Å². The van der Waals surface area contributed by atoms with Gasteiger partial charge in [0, 0.05) is 27.5 Å². The van der Waals surface area contributed by atoms with E-state index in [1.165, 1.54) is 72.1 Å². The summed E-state index contributed by atoms with van der Waals surface area (Å²) in [6, 6.07) is 64.6. The number of aromatic nitrogens is 3. The van der Waals surface area contributed by atoms with E-state index in [-0.39, 0.29) is 10.8 Å². The number of nitrogens with zero attached hydrogens (tertiary/aromatic N) is 3. The second-order valence-electron chi connectivity index (χ2n) is 17.6. The molecule has 1 spiro atoms. The second kappa shape index (κ2) is 12.0. The van der Waals surface area contributed by atoms with Gasteiger partial charge in [-0.15, -0.1) is 0 Å². The largest absolute Gasteiger partial charge is 0.208 e. The maximum Gasteiger partial charge on any atom is 0.164 e. The molecular formula is C56H41N3. The van der Waals surface area contributed by atoms with Gasteiger partial charge in [-0.25, -0.2) is 15.0 Å². The van der Waals surface area contributed by atoms with Gasteiger partial charge in [0.25, 0.3) is 0 Å². The predicted molar refractivity (Wildman–Crippen MR) is 241 cm³/mol. The Morgan fingerprint density at radius 2 is 0.712 bits per heavy atom. The Balaban J connectivity index is 1.08. The number of hydrogen-bond acceptors (Lipinski definition) is 3. The van der Waals surface area contributed by atoms with Crippen LogP contribution in [0, 0.1) is 0 Å². The summed E-state index contributed by atoms with van der Waals surface area (Å²) in [6.45, 7) is 9.38. The van der Waals surface area contributed by atoms with Gasteiger partial charge >= 0.3 is 0 Å². The maximum atomic E-state index is 5.34. The SMILES string of the molecule is CC1(C)c2ccccc2-c2ccc(-c3nc(-c4ccc5c(c4)-c4ccccc4C54c5ccccc5C(C)(C)c5ccccc54)nc(-c4ccc5ccccc5c4)n3)cc21. The Bertz CT molecular complexity index is 3190. The van der Waals surface area contributed by atoms with Crippen molar-refractivity contribution >= 4 is 10.8 Å². The average Bonchev–Trinajstić information content (AvgIpc) is 3.70. The fraction of sp³-hybridized carbons (Fsp3) is 0.125. The molecule has 1 heterocycles. The quantitative estimate of drug-likeness (QED) is 0.180. The van der Waals surface area contributed by atoms with E-state index in [2.05, 4.69) is 204 Å². The van der Waals surface area contributed by atoms with Crippen molar-refractivity contribution in [1.29, 1.82) is 0 Å². The Morgan fingerprint density at radius 3 is 1.37 bits per heavy atom. The minimum Gasteiger partial charge on any atom is -0.208 e. The minimum atomic E-state index is -0.456. The highest BCUT2D eigenvalue weighted by molar-refractivity contribution is 5.91. The van der Waals surface area contributed by atoms with Gasteiger partial charge in [-0.3, -0.25) is 0 Å². The van der Waals surface area contributed by atoms with Gasteiger partial charge in [-0.1, -0.05) is 185 Å². The Labute approximate surface area is 345 Å². The van der Waals surface area contributed by atoms with Gasteiger partial charge in [-0.2, -0.15) is 0 Å². The number of hydrogen-bond donors (Lipinski definition) is 0. The third kappa shape index (κ3) is 4.62. The first-order valence-corrected chi connectivity index (χ1v) is 20.7.